The third-order valence-corrected chi connectivity index (χ3v) is 2.14. The van der Waals surface area contributed by atoms with Gasteiger partial charge in [0.05, 0.1) is 12.0 Å². The van der Waals surface area contributed by atoms with Gasteiger partial charge in [0.1, 0.15) is 17.9 Å². The molecule has 0 aliphatic heterocycles. The van der Waals surface area contributed by atoms with Gasteiger partial charge in [-0.15, -0.1) is 0 Å². The minimum Gasteiger partial charge on any atom is -0.481 e. The summed E-state index contributed by atoms with van der Waals surface area (Å²) in [5.74, 6) is -2.49. The summed E-state index contributed by atoms with van der Waals surface area (Å²) in [7, 11) is 0. The third kappa shape index (κ3) is 3.45. The molecule has 1 aromatic rings. The van der Waals surface area contributed by atoms with E-state index >= 15 is 0 Å². The van der Waals surface area contributed by atoms with E-state index in [1.807, 2.05) is 6.07 Å². The number of nitriles is 1. The number of carbonyl (C=O) groups is 2. The predicted molar refractivity (Wildman–Crippen MR) is 61.0 cm³/mol. The molecule has 1 aromatic heterocycles. The topological polar surface area (TPSA) is 123 Å². The molecule has 1 atom stereocenters. The first-order valence-electron chi connectivity index (χ1n) is 5.03. The van der Waals surface area contributed by atoms with Crippen LogP contribution in [0.1, 0.15) is 17.7 Å². The van der Waals surface area contributed by atoms with Crippen LogP contribution < -0.4 is 5.32 Å². The van der Waals surface area contributed by atoms with Crippen LogP contribution in [0.4, 0.5) is 5.82 Å². The second-order valence-corrected chi connectivity index (χ2v) is 3.59. The number of pyridine rings is 1. The van der Waals surface area contributed by atoms with E-state index in [0.717, 1.165) is 0 Å². The van der Waals surface area contributed by atoms with Crippen molar-refractivity contribution in [3.63, 3.8) is 0 Å². The SMILES string of the molecule is Cc1ccc(C#N)c(NC(CC(=O)O)C(=O)O)n1. The van der Waals surface area contributed by atoms with E-state index in [2.05, 4.69) is 10.3 Å². The number of nitrogens with one attached hydrogen (secondary N) is 1. The van der Waals surface area contributed by atoms with Crippen LogP contribution in [-0.2, 0) is 9.59 Å². The predicted octanol–water partition coefficient (Wildman–Crippen LogP) is 0.601. The largest absolute Gasteiger partial charge is 0.481 e. The zero-order chi connectivity index (χ0) is 13.7. The van der Waals surface area contributed by atoms with Gasteiger partial charge in [0.2, 0.25) is 0 Å². The third-order valence-electron chi connectivity index (χ3n) is 2.14. The average Bonchev–Trinajstić information content (AvgIpc) is 2.27. The number of anilines is 1. The highest BCUT2D eigenvalue weighted by Crippen LogP contribution is 2.14. The first-order valence-corrected chi connectivity index (χ1v) is 5.03. The Kier molecular flexibility index (Phi) is 4.21. The number of rotatable bonds is 5. The molecule has 3 N–H and O–H groups in total. The minimum atomic E-state index is -1.33. The highest BCUT2D eigenvalue weighted by atomic mass is 16.4. The number of carboxylic acids is 2. The van der Waals surface area contributed by atoms with E-state index in [-0.39, 0.29) is 11.4 Å². The Morgan fingerprint density at radius 1 is 1.50 bits per heavy atom. The fourth-order valence-corrected chi connectivity index (χ4v) is 1.30. The van der Waals surface area contributed by atoms with Crippen LogP contribution in [0.15, 0.2) is 12.1 Å². The van der Waals surface area contributed by atoms with Gasteiger partial charge in [0.15, 0.2) is 0 Å². The molecule has 0 amide bonds. The molecule has 0 bridgehead atoms. The Balaban J connectivity index is 3.00. The average molecular weight is 249 g/mol. The maximum Gasteiger partial charge on any atom is 0.326 e. The first-order chi connectivity index (χ1) is 8.43. The van der Waals surface area contributed by atoms with Gasteiger partial charge < -0.3 is 15.5 Å². The van der Waals surface area contributed by atoms with E-state index in [1.54, 1.807) is 13.0 Å². The standard InChI is InChI=1S/C11H11N3O4/c1-6-2-3-7(5-12)10(13-6)14-8(11(17)18)4-9(15)16/h2-3,8H,4H2,1H3,(H,13,14)(H,15,16)(H,17,18). The fraction of sp³-hybridized carbons (Fsp3) is 0.273. The molecular weight excluding hydrogens is 238 g/mol. The van der Waals surface area contributed by atoms with Gasteiger partial charge in [-0.3, -0.25) is 4.79 Å². The molecule has 0 aliphatic rings. The van der Waals surface area contributed by atoms with Crippen molar-refractivity contribution >= 4 is 17.8 Å². The van der Waals surface area contributed by atoms with Crippen LogP contribution in [0.2, 0.25) is 0 Å². The van der Waals surface area contributed by atoms with Gasteiger partial charge in [-0.2, -0.15) is 5.26 Å². The van der Waals surface area contributed by atoms with Gasteiger partial charge in [-0.05, 0) is 19.1 Å². The number of hydrogen-bond donors (Lipinski definition) is 3. The Labute approximate surface area is 103 Å². The van der Waals surface area contributed by atoms with Gasteiger partial charge in [-0.1, -0.05) is 0 Å². The van der Waals surface area contributed by atoms with Crippen LogP contribution in [0, 0.1) is 18.3 Å². The highest BCUT2D eigenvalue weighted by Gasteiger charge is 2.22. The molecule has 0 aromatic carbocycles. The van der Waals surface area contributed by atoms with Crippen LogP contribution in [0.3, 0.4) is 0 Å². The molecule has 0 aliphatic carbocycles. The monoisotopic (exact) mass is 249 g/mol. The molecule has 94 valence electrons. The van der Waals surface area contributed by atoms with E-state index in [0.29, 0.717) is 5.69 Å². The second-order valence-electron chi connectivity index (χ2n) is 3.59. The summed E-state index contributed by atoms with van der Waals surface area (Å²) in [6.07, 6.45) is -0.601. The minimum absolute atomic E-state index is 0.0751. The summed E-state index contributed by atoms with van der Waals surface area (Å²) in [6.45, 7) is 1.68. The normalized spacial score (nSPS) is 11.3. The van der Waals surface area contributed by atoms with Crippen molar-refractivity contribution in [1.29, 1.82) is 5.26 Å². The molecule has 7 nitrogen and oxygen atoms in total. The van der Waals surface area contributed by atoms with Crippen LogP contribution in [-0.4, -0.2) is 33.2 Å². The van der Waals surface area contributed by atoms with Crippen molar-refractivity contribution in [2.45, 2.75) is 19.4 Å². The number of hydrogen-bond acceptors (Lipinski definition) is 5. The maximum absolute atomic E-state index is 10.9. The molecule has 18 heavy (non-hydrogen) atoms. The zero-order valence-corrected chi connectivity index (χ0v) is 9.54. The molecular formula is C11H11N3O4. The lowest BCUT2D eigenvalue weighted by Gasteiger charge is -2.14. The quantitative estimate of drug-likeness (QED) is 0.698. The lowest BCUT2D eigenvalue weighted by molar-refractivity contribution is -0.144. The van der Waals surface area contributed by atoms with Gasteiger partial charge in [-0.25, -0.2) is 9.78 Å². The van der Waals surface area contributed by atoms with E-state index in [9.17, 15) is 9.59 Å². The summed E-state index contributed by atoms with van der Waals surface area (Å²) in [5.41, 5.74) is 0.758. The molecule has 0 spiro atoms. The maximum atomic E-state index is 10.9. The van der Waals surface area contributed by atoms with E-state index in [4.69, 9.17) is 15.5 Å². The van der Waals surface area contributed by atoms with Crippen molar-refractivity contribution in [2.75, 3.05) is 5.32 Å². The van der Waals surface area contributed by atoms with Crippen molar-refractivity contribution < 1.29 is 19.8 Å². The van der Waals surface area contributed by atoms with Gasteiger partial charge >= 0.3 is 11.9 Å². The molecule has 7 heteroatoms. The molecule has 0 saturated heterocycles. The number of aromatic nitrogens is 1. The number of aliphatic carboxylic acids is 2. The highest BCUT2D eigenvalue weighted by molar-refractivity contribution is 5.83. The lowest BCUT2D eigenvalue weighted by Crippen LogP contribution is -2.32. The summed E-state index contributed by atoms with van der Waals surface area (Å²) < 4.78 is 0. The van der Waals surface area contributed by atoms with E-state index < -0.39 is 24.4 Å². The summed E-state index contributed by atoms with van der Waals surface area (Å²) >= 11 is 0. The smallest absolute Gasteiger partial charge is 0.326 e. The molecule has 0 radical (unpaired) electrons. The number of nitrogens with zero attached hydrogens (tertiary/aromatic N) is 2. The lowest BCUT2D eigenvalue weighted by atomic mass is 10.2. The first kappa shape index (κ1) is 13.4. The van der Waals surface area contributed by atoms with Crippen molar-refractivity contribution in [3.8, 4) is 6.07 Å². The van der Waals surface area contributed by atoms with Crippen LogP contribution in [0.25, 0.3) is 0 Å². The Morgan fingerprint density at radius 3 is 2.67 bits per heavy atom. The van der Waals surface area contributed by atoms with Crippen LogP contribution in [0.5, 0.6) is 0 Å². The molecule has 1 rings (SSSR count). The van der Waals surface area contributed by atoms with Crippen LogP contribution >= 0.6 is 0 Å². The fourth-order valence-electron chi connectivity index (χ4n) is 1.30. The molecule has 1 heterocycles. The summed E-state index contributed by atoms with van der Waals surface area (Å²) in [5, 5.41) is 28.8. The number of aryl methyl sites for hydroxylation is 1. The molecule has 0 fully saturated rings. The van der Waals surface area contributed by atoms with Gasteiger partial charge in [0, 0.05) is 5.69 Å². The Bertz CT molecular complexity index is 522. The zero-order valence-electron chi connectivity index (χ0n) is 9.54. The Hall–Kier alpha value is -2.62. The molecule has 1 unspecified atom stereocenters. The van der Waals surface area contributed by atoms with E-state index in [1.165, 1.54) is 6.07 Å². The van der Waals surface area contributed by atoms with Crippen molar-refractivity contribution in [1.82, 2.24) is 4.98 Å². The molecule has 0 saturated carbocycles. The van der Waals surface area contributed by atoms with Crippen molar-refractivity contribution in [2.24, 2.45) is 0 Å². The number of carboxylic acid groups (broad SMARTS) is 2. The summed E-state index contributed by atoms with van der Waals surface area (Å²) in [4.78, 5) is 25.4. The second kappa shape index (κ2) is 5.63. The Morgan fingerprint density at radius 2 is 2.17 bits per heavy atom. The van der Waals surface area contributed by atoms with Crippen molar-refractivity contribution in [3.05, 3.63) is 23.4 Å². The van der Waals surface area contributed by atoms with Gasteiger partial charge in [0.25, 0.3) is 0 Å². The summed E-state index contributed by atoms with van der Waals surface area (Å²) in [6, 6.07) is 3.62.